The van der Waals surface area contributed by atoms with Gasteiger partial charge in [-0.1, -0.05) is 43.4 Å². The number of halogens is 1. The first-order chi connectivity index (χ1) is 19.4. The number of ketones is 1. The van der Waals surface area contributed by atoms with E-state index in [0.717, 1.165) is 54.1 Å². The lowest BCUT2D eigenvalue weighted by molar-refractivity contribution is 0.0916. The number of benzene rings is 3. The normalized spacial score (nSPS) is 14.7. The smallest absolute Gasteiger partial charge is 0.255 e. The average molecular weight is 533 g/mol. The summed E-state index contributed by atoms with van der Waals surface area (Å²) in [4.78, 5) is 29.9. The first kappa shape index (κ1) is 25.6. The minimum absolute atomic E-state index is 0.0402. The van der Waals surface area contributed by atoms with Crippen molar-refractivity contribution >= 4 is 33.6 Å². The summed E-state index contributed by atoms with van der Waals surface area (Å²) in [5.41, 5.74) is 4.27. The molecule has 2 N–H and O–H groups in total. The van der Waals surface area contributed by atoms with Crippen LogP contribution >= 0.6 is 0 Å². The summed E-state index contributed by atoms with van der Waals surface area (Å²) in [6, 6.07) is 17.3. The van der Waals surface area contributed by atoms with Crippen LogP contribution in [-0.2, 0) is 0 Å². The number of aromatic nitrogens is 1. The monoisotopic (exact) mass is 532 g/mol. The number of nitrogens with one attached hydrogen (secondary N) is 2. The number of rotatable bonds is 6. The zero-order valence-electron chi connectivity index (χ0n) is 22.3. The second-order valence-corrected chi connectivity index (χ2v) is 10.6. The molecule has 1 aliphatic rings. The van der Waals surface area contributed by atoms with E-state index in [1.807, 2.05) is 42.6 Å². The van der Waals surface area contributed by atoms with E-state index in [0.29, 0.717) is 39.8 Å². The summed E-state index contributed by atoms with van der Waals surface area (Å²) >= 11 is 0. The number of Topliss-reactive ketones (excluding diaryl/α,β-unsaturated/α-hetero) is 1. The number of fused-ring (bicyclic) bond motifs is 3. The van der Waals surface area contributed by atoms with Gasteiger partial charge >= 0.3 is 0 Å². The lowest BCUT2D eigenvalue weighted by atomic mass is 9.71. The number of carbonyl (C=O) groups is 2. The summed E-state index contributed by atoms with van der Waals surface area (Å²) < 4.78 is 20.0. The van der Waals surface area contributed by atoms with Crippen LogP contribution in [0, 0.1) is 23.6 Å². The Bertz CT molecular complexity index is 1800. The highest BCUT2D eigenvalue weighted by molar-refractivity contribution is 6.19. The molecule has 0 saturated heterocycles. The molecule has 6 rings (SSSR count). The Labute approximate surface area is 231 Å². The number of H-pyrrole nitrogens is 1. The number of furan rings is 1. The SMILES string of the molecule is C#CC1(CC(=O)c2cccc(-c3cc4c(C(=O)NC)c(-c5ccc(F)cc5)oc4c4cc[nH]c34)c2)CCCCC1. The van der Waals surface area contributed by atoms with E-state index in [9.17, 15) is 14.0 Å². The maximum atomic E-state index is 13.7. The summed E-state index contributed by atoms with van der Waals surface area (Å²) in [6.45, 7) is 0. The number of carbonyl (C=O) groups excluding carboxylic acids is 2. The molecule has 0 atom stereocenters. The van der Waals surface area contributed by atoms with Crippen molar-refractivity contribution in [2.24, 2.45) is 5.41 Å². The fourth-order valence-corrected chi connectivity index (χ4v) is 6.03. The largest absolute Gasteiger partial charge is 0.454 e. The van der Waals surface area contributed by atoms with Gasteiger partial charge in [-0.05, 0) is 60.9 Å². The maximum Gasteiger partial charge on any atom is 0.255 e. The van der Waals surface area contributed by atoms with E-state index >= 15 is 0 Å². The van der Waals surface area contributed by atoms with Crippen molar-refractivity contribution in [1.29, 1.82) is 0 Å². The highest BCUT2D eigenvalue weighted by Crippen LogP contribution is 2.42. The minimum Gasteiger partial charge on any atom is -0.454 e. The Hall–Kier alpha value is -4.63. The van der Waals surface area contributed by atoms with Gasteiger partial charge in [-0.25, -0.2) is 4.39 Å². The lowest BCUT2D eigenvalue weighted by Crippen LogP contribution is -2.25. The van der Waals surface area contributed by atoms with Gasteiger partial charge in [-0.15, -0.1) is 6.42 Å². The van der Waals surface area contributed by atoms with Crippen LogP contribution in [0.4, 0.5) is 4.39 Å². The van der Waals surface area contributed by atoms with Crippen LogP contribution in [0.5, 0.6) is 0 Å². The fourth-order valence-electron chi connectivity index (χ4n) is 6.03. The standard InChI is InChI=1S/C34H29FN2O3/c1-3-34(15-5-4-6-16-34)20-28(38)23-9-7-8-22(18-23)26-19-27-29(33(39)36-2)31(21-10-12-24(35)13-11-21)40-32(27)25-14-17-37-30(25)26/h1,7-14,17-19,37H,4-6,15-16,20H2,2H3,(H,36,39). The molecule has 1 saturated carbocycles. The molecule has 1 amide bonds. The predicted molar refractivity (Wildman–Crippen MR) is 156 cm³/mol. The van der Waals surface area contributed by atoms with Crippen molar-refractivity contribution in [1.82, 2.24) is 10.3 Å². The van der Waals surface area contributed by atoms with E-state index in [1.54, 1.807) is 19.2 Å². The highest BCUT2D eigenvalue weighted by Gasteiger charge is 2.33. The molecule has 2 aromatic heterocycles. The molecule has 40 heavy (non-hydrogen) atoms. The van der Waals surface area contributed by atoms with Crippen molar-refractivity contribution in [3.63, 3.8) is 0 Å². The van der Waals surface area contributed by atoms with Crippen LogP contribution < -0.4 is 5.32 Å². The number of hydrogen-bond donors (Lipinski definition) is 2. The van der Waals surface area contributed by atoms with Gasteiger partial charge in [0, 0.05) is 52.5 Å². The van der Waals surface area contributed by atoms with Crippen molar-refractivity contribution in [3.8, 4) is 34.8 Å². The number of terminal acetylenes is 1. The van der Waals surface area contributed by atoms with Crippen LogP contribution in [0.3, 0.4) is 0 Å². The Balaban J connectivity index is 1.49. The summed E-state index contributed by atoms with van der Waals surface area (Å²) in [5, 5.41) is 4.15. The molecule has 0 unspecified atom stereocenters. The molecule has 2 heterocycles. The molecule has 0 aliphatic heterocycles. The van der Waals surface area contributed by atoms with Gasteiger partial charge in [-0.3, -0.25) is 9.59 Å². The van der Waals surface area contributed by atoms with Gasteiger partial charge in [-0.2, -0.15) is 0 Å². The average Bonchev–Trinajstić information content (AvgIpc) is 3.62. The summed E-state index contributed by atoms with van der Waals surface area (Å²) in [7, 11) is 1.57. The van der Waals surface area contributed by atoms with Gasteiger partial charge in [0.05, 0.1) is 11.1 Å². The van der Waals surface area contributed by atoms with E-state index in [1.165, 1.54) is 12.1 Å². The minimum atomic E-state index is -0.372. The Kier molecular flexibility index (Phi) is 6.51. The third-order valence-electron chi connectivity index (χ3n) is 8.17. The van der Waals surface area contributed by atoms with Gasteiger partial charge in [0.1, 0.15) is 17.2 Å². The van der Waals surface area contributed by atoms with E-state index in [-0.39, 0.29) is 22.9 Å². The van der Waals surface area contributed by atoms with Gasteiger partial charge in [0.15, 0.2) is 5.78 Å². The van der Waals surface area contributed by atoms with Crippen LogP contribution in [0.25, 0.3) is 44.3 Å². The molecule has 0 bridgehead atoms. The third kappa shape index (κ3) is 4.38. The molecule has 5 nitrogen and oxygen atoms in total. The molecule has 3 aromatic carbocycles. The predicted octanol–water partition coefficient (Wildman–Crippen LogP) is 7.90. The highest BCUT2D eigenvalue weighted by atomic mass is 19.1. The van der Waals surface area contributed by atoms with Crippen LogP contribution in [0.1, 0.15) is 59.2 Å². The van der Waals surface area contributed by atoms with Crippen molar-refractivity contribution in [2.75, 3.05) is 7.05 Å². The molecule has 200 valence electrons. The molecular weight excluding hydrogens is 503 g/mol. The second kappa shape index (κ2) is 10.2. The quantitative estimate of drug-likeness (QED) is 0.172. The summed E-state index contributed by atoms with van der Waals surface area (Å²) in [5.74, 6) is 2.67. The summed E-state index contributed by atoms with van der Waals surface area (Å²) in [6.07, 6.45) is 13.1. The van der Waals surface area contributed by atoms with E-state index in [2.05, 4.69) is 16.2 Å². The molecule has 1 aliphatic carbocycles. The van der Waals surface area contributed by atoms with Crippen molar-refractivity contribution in [2.45, 2.75) is 38.5 Å². The third-order valence-corrected chi connectivity index (χ3v) is 8.17. The maximum absolute atomic E-state index is 13.7. The molecule has 0 spiro atoms. The van der Waals surface area contributed by atoms with Crippen molar-refractivity contribution in [3.05, 3.63) is 83.8 Å². The molecule has 0 radical (unpaired) electrons. The van der Waals surface area contributed by atoms with Crippen molar-refractivity contribution < 1.29 is 18.4 Å². The van der Waals surface area contributed by atoms with Gasteiger partial charge < -0.3 is 14.7 Å². The Morgan fingerprint density at radius 3 is 2.52 bits per heavy atom. The molecule has 1 fully saturated rings. The Morgan fingerprint density at radius 2 is 1.80 bits per heavy atom. The molecular formula is C34H29FN2O3. The molecule has 6 heteroatoms. The zero-order chi connectivity index (χ0) is 27.9. The first-order valence-corrected chi connectivity index (χ1v) is 13.6. The van der Waals surface area contributed by atoms with Crippen LogP contribution in [0.2, 0.25) is 0 Å². The van der Waals surface area contributed by atoms with Crippen LogP contribution in [-0.4, -0.2) is 23.7 Å². The second-order valence-electron chi connectivity index (χ2n) is 10.6. The van der Waals surface area contributed by atoms with E-state index < -0.39 is 0 Å². The first-order valence-electron chi connectivity index (χ1n) is 13.6. The lowest BCUT2D eigenvalue weighted by Gasteiger charge is -2.31. The number of hydrogen-bond acceptors (Lipinski definition) is 3. The van der Waals surface area contributed by atoms with Gasteiger partial charge in [0.2, 0.25) is 0 Å². The molecule has 5 aromatic rings. The topological polar surface area (TPSA) is 75.1 Å². The number of aromatic amines is 1. The van der Waals surface area contributed by atoms with Gasteiger partial charge in [0.25, 0.3) is 5.91 Å². The number of amides is 1. The Morgan fingerprint density at radius 1 is 1.02 bits per heavy atom. The zero-order valence-corrected chi connectivity index (χ0v) is 22.3. The fraction of sp³-hybridized carbons (Fsp3) is 0.235. The van der Waals surface area contributed by atoms with E-state index in [4.69, 9.17) is 10.8 Å². The van der Waals surface area contributed by atoms with Crippen LogP contribution in [0.15, 0.2) is 71.3 Å².